The summed E-state index contributed by atoms with van der Waals surface area (Å²) in [6.45, 7) is 6.04. The first-order valence-corrected chi connectivity index (χ1v) is 13.1. The molecule has 1 rings (SSSR count). The summed E-state index contributed by atoms with van der Waals surface area (Å²) in [6.07, 6.45) is 8.58. The van der Waals surface area contributed by atoms with Crippen LogP contribution < -0.4 is 10.6 Å². The number of carbonyl (C=O) groups excluding carboxylic acids is 3. The largest absolute Gasteiger partial charge is 0.475 e. The molecule has 186 valence electrons. The molecule has 1 heterocycles. The molecule has 2 atom stereocenters. The Labute approximate surface area is 202 Å². The molecule has 0 aliphatic carbocycles. The molecule has 7 nitrogen and oxygen atoms in total. The van der Waals surface area contributed by atoms with Crippen molar-refractivity contribution in [1.82, 2.24) is 10.6 Å². The first-order chi connectivity index (χ1) is 15.7. The van der Waals surface area contributed by atoms with E-state index in [1.807, 2.05) is 13.8 Å². The summed E-state index contributed by atoms with van der Waals surface area (Å²) in [5.41, 5.74) is 0. The van der Waals surface area contributed by atoms with Crippen LogP contribution >= 0.6 is 11.3 Å². The van der Waals surface area contributed by atoms with Crippen molar-refractivity contribution in [2.75, 3.05) is 6.54 Å². The van der Waals surface area contributed by atoms with Crippen LogP contribution in [0.3, 0.4) is 0 Å². The number of nitrogens with one attached hydrogen (secondary N) is 2. The average molecular weight is 480 g/mol. The number of rotatable bonds is 18. The molecule has 4 N–H and O–H groups in total. The Bertz CT molecular complexity index is 697. The van der Waals surface area contributed by atoms with Crippen molar-refractivity contribution < 1.29 is 24.4 Å². The van der Waals surface area contributed by atoms with E-state index in [-0.39, 0.29) is 30.6 Å². The Kier molecular flexibility index (Phi) is 15.0. The predicted octanol–water partition coefficient (Wildman–Crippen LogP) is 3.74. The van der Waals surface area contributed by atoms with E-state index >= 15 is 0 Å². The molecule has 33 heavy (non-hydrogen) atoms. The summed E-state index contributed by atoms with van der Waals surface area (Å²) in [5, 5.41) is 26.5. The summed E-state index contributed by atoms with van der Waals surface area (Å²) in [4.78, 5) is 38.3. The summed E-state index contributed by atoms with van der Waals surface area (Å²) in [6, 6.07) is 3.47. The number of hydrogen-bond acceptors (Lipinski definition) is 6. The zero-order chi connectivity index (χ0) is 24.6. The lowest BCUT2D eigenvalue weighted by Crippen LogP contribution is -2.50. The molecule has 1 aromatic heterocycles. The molecule has 0 saturated heterocycles. The molecule has 2 amide bonds. The highest BCUT2D eigenvalue weighted by molar-refractivity contribution is 7.12. The van der Waals surface area contributed by atoms with Gasteiger partial charge in [0, 0.05) is 19.4 Å². The van der Waals surface area contributed by atoms with E-state index in [1.54, 1.807) is 17.5 Å². The lowest BCUT2D eigenvalue weighted by Gasteiger charge is -2.23. The van der Waals surface area contributed by atoms with Crippen LogP contribution in [-0.4, -0.2) is 47.2 Å². The number of ketones is 1. The quantitative estimate of drug-likeness (QED) is 0.189. The fourth-order valence-electron chi connectivity index (χ4n) is 3.69. The Balaban J connectivity index is 2.64. The molecular formula is C24H41BN2O5S. The van der Waals surface area contributed by atoms with Crippen molar-refractivity contribution in [3.05, 3.63) is 22.4 Å². The Morgan fingerprint density at radius 2 is 1.73 bits per heavy atom. The summed E-state index contributed by atoms with van der Waals surface area (Å²) < 4.78 is 0. The van der Waals surface area contributed by atoms with E-state index in [2.05, 4.69) is 17.6 Å². The highest BCUT2D eigenvalue weighted by Gasteiger charge is 2.30. The van der Waals surface area contributed by atoms with Crippen LogP contribution in [0, 0.1) is 11.8 Å². The second kappa shape index (κ2) is 16.8. The van der Waals surface area contributed by atoms with Gasteiger partial charge in [-0.15, -0.1) is 11.3 Å². The average Bonchev–Trinajstić information content (AvgIpc) is 3.30. The molecule has 0 aliphatic heterocycles. The number of Topliss-reactive ketones (excluding diaryl/α,β-unsaturated/α-hetero) is 1. The molecule has 0 spiro atoms. The van der Waals surface area contributed by atoms with Gasteiger partial charge >= 0.3 is 7.12 Å². The highest BCUT2D eigenvalue weighted by Crippen LogP contribution is 2.14. The smallest absolute Gasteiger partial charge is 0.426 e. The van der Waals surface area contributed by atoms with Crippen LogP contribution in [0.15, 0.2) is 17.5 Å². The Morgan fingerprint density at radius 1 is 1.06 bits per heavy atom. The topological polar surface area (TPSA) is 116 Å². The Morgan fingerprint density at radius 3 is 2.30 bits per heavy atom. The maximum atomic E-state index is 12.9. The van der Waals surface area contributed by atoms with E-state index in [9.17, 15) is 24.4 Å². The lowest BCUT2D eigenvalue weighted by molar-refractivity contribution is -0.129. The van der Waals surface area contributed by atoms with Gasteiger partial charge in [-0.1, -0.05) is 65.4 Å². The minimum Gasteiger partial charge on any atom is -0.426 e. The van der Waals surface area contributed by atoms with E-state index in [4.69, 9.17) is 0 Å². The molecule has 0 aromatic carbocycles. The van der Waals surface area contributed by atoms with Gasteiger partial charge in [-0.25, -0.2) is 0 Å². The minimum atomic E-state index is -1.69. The van der Waals surface area contributed by atoms with Crippen LogP contribution in [-0.2, 0) is 9.59 Å². The van der Waals surface area contributed by atoms with Crippen molar-refractivity contribution >= 4 is 36.1 Å². The SMILES string of the molecule is CCCCCCCCCC(=O)C[C@@H](CNC(=O)c1cccs1)C(=O)N[C@@H](CC(C)C)B(O)O. The van der Waals surface area contributed by atoms with Gasteiger partial charge < -0.3 is 20.7 Å². The lowest BCUT2D eigenvalue weighted by atomic mass is 9.74. The third-order valence-corrected chi connectivity index (χ3v) is 6.44. The van der Waals surface area contributed by atoms with Gasteiger partial charge in [-0.2, -0.15) is 0 Å². The van der Waals surface area contributed by atoms with Gasteiger partial charge in [0.25, 0.3) is 5.91 Å². The number of carbonyl (C=O) groups is 3. The van der Waals surface area contributed by atoms with E-state index in [0.29, 0.717) is 17.7 Å². The van der Waals surface area contributed by atoms with Crippen molar-refractivity contribution in [1.29, 1.82) is 0 Å². The van der Waals surface area contributed by atoms with Gasteiger partial charge in [-0.05, 0) is 30.2 Å². The van der Waals surface area contributed by atoms with Gasteiger partial charge in [0.1, 0.15) is 5.78 Å². The minimum absolute atomic E-state index is 0.0148. The van der Waals surface area contributed by atoms with E-state index < -0.39 is 24.9 Å². The monoisotopic (exact) mass is 480 g/mol. The molecule has 9 heteroatoms. The van der Waals surface area contributed by atoms with Crippen molar-refractivity contribution in [2.24, 2.45) is 11.8 Å². The molecule has 0 aliphatic rings. The molecule has 1 aromatic rings. The molecule has 0 radical (unpaired) electrons. The summed E-state index contributed by atoms with van der Waals surface area (Å²) >= 11 is 1.30. The zero-order valence-corrected chi connectivity index (χ0v) is 21.2. The summed E-state index contributed by atoms with van der Waals surface area (Å²) in [7, 11) is -1.69. The number of hydrogen-bond donors (Lipinski definition) is 4. The normalized spacial score (nSPS) is 12.9. The predicted molar refractivity (Wildman–Crippen MR) is 134 cm³/mol. The zero-order valence-electron chi connectivity index (χ0n) is 20.3. The maximum Gasteiger partial charge on any atom is 0.475 e. The van der Waals surface area contributed by atoms with Crippen LogP contribution in [0.1, 0.15) is 94.7 Å². The molecule has 0 fully saturated rings. The molecule has 0 unspecified atom stereocenters. The van der Waals surface area contributed by atoms with Gasteiger partial charge in [-0.3, -0.25) is 14.4 Å². The second-order valence-electron chi connectivity index (χ2n) is 9.16. The van der Waals surface area contributed by atoms with E-state index in [0.717, 1.165) is 19.3 Å². The van der Waals surface area contributed by atoms with E-state index in [1.165, 1.54) is 37.0 Å². The van der Waals surface area contributed by atoms with Crippen LogP contribution in [0.25, 0.3) is 0 Å². The standard InChI is InChI=1S/C24H41BN2O5S/c1-4-5-6-7-8-9-10-12-20(28)16-19(17-26-24(30)21-13-11-14-33-21)23(29)27-22(25(31)32)15-18(2)3/h11,13-14,18-19,22,31-32H,4-10,12,15-17H2,1-3H3,(H,26,30)(H,27,29)/t19-,22-/m0/s1. The van der Waals surface area contributed by atoms with Crippen LogP contribution in [0.5, 0.6) is 0 Å². The molecular weight excluding hydrogens is 439 g/mol. The maximum absolute atomic E-state index is 12.9. The fraction of sp³-hybridized carbons (Fsp3) is 0.708. The Hall–Kier alpha value is -1.71. The highest BCUT2D eigenvalue weighted by atomic mass is 32.1. The molecule has 0 saturated carbocycles. The van der Waals surface area contributed by atoms with Gasteiger partial charge in [0.2, 0.25) is 5.91 Å². The summed E-state index contributed by atoms with van der Waals surface area (Å²) in [5.74, 6) is -2.20. The van der Waals surface area contributed by atoms with Crippen molar-refractivity contribution in [2.45, 2.75) is 90.9 Å². The van der Waals surface area contributed by atoms with Crippen LogP contribution in [0.2, 0.25) is 0 Å². The van der Waals surface area contributed by atoms with Gasteiger partial charge in [0.05, 0.1) is 16.7 Å². The van der Waals surface area contributed by atoms with Crippen molar-refractivity contribution in [3.8, 4) is 0 Å². The third kappa shape index (κ3) is 12.9. The van der Waals surface area contributed by atoms with Gasteiger partial charge in [0.15, 0.2) is 0 Å². The number of unbranched alkanes of at least 4 members (excludes halogenated alkanes) is 6. The number of thiophene rings is 1. The van der Waals surface area contributed by atoms with Crippen LogP contribution in [0.4, 0.5) is 0 Å². The van der Waals surface area contributed by atoms with Crippen molar-refractivity contribution in [3.63, 3.8) is 0 Å². The second-order valence-corrected chi connectivity index (χ2v) is 10.1. The third-order valence-electron chi connectivity index (χ3n) is 5.57. The first-order valence-electron chi connectivity index (χ1n) is 12.2. The fourth-order valence-corrected chi connectivity index (χ4v) is 4.33. The number of amides is 2. The first kappa shape index (κ1) is 29.3. The molecule has 0 bridgehead atoms.